The molecule has 6 aromatic heterocycles. The van der Waals surface area contributed by atoms with Gasteiger partial charge in [-0.1, -0.05) is 173 Å². The molecule has 0 N–H and O–H groups in total. The van der Waals surface area contributed by atoms with Gasteiger partial charge in [0.1, 0.15) is 11.4 Å². The van der Waals surface area contributed by atoms with E-state index in [2.05, 4.69) is 258 Å². The van der Waals surface area contributed by atoms with Gasteiger partial charge in [-0.15, -0.1) is 0 Å². The normalized spacial score (nSPS) is 12.7. The van der Waals surface area contributed by atoms with E-state index in [-0.39, 0.29) is 27.2 Å². The van der Waals surface area contributed by atoms with Crippen LogP contribution in [0, 0.1) is 0 Å². The first-order valence-electron chi connectivity index (χ1n) is 24.6. The van der Waals surface area contributed by atoms with E-state index < -0.39 is 0 Å². The third kappa shape index (κ3) is 13.2. The molecule has 67 heavy (non-hydrogen) atoms. The van der Waals surface area contributed by atoms with Crippen molar-refractivity contribution >= 4 is 43.7 Å². The van der Waals surface area contributed by atoms with E-state index >= 15 is 0 Å². The zero-order chi connectivity index (χ0) is 50.0. The zero-order valence-corrected chi connectivity index (χ0v) is 45.2. The minimum absolute atomic E-state index is 0.0304. The fourth-order valence-electron chi connectivity index (χ4n) is 7.73. The third-order valence-corrected chi connectivity index (χ3v) is 11.9. The van der Waals surface area contributed by atoms with Crippen molar-refractivity contribution in [1.82, 2.24) is 24.5 Å². The first-order chi connectivity index (χ1) is 30.9. The predicted octanol–water partition coefficient (Wildman–Crippen LogP) is 17.6. The molecule has 0 unspecified atom stereocenters. The van der Waals surface area contributed by atoms with Crippen molar-refractivity contribution in [3.05, 3.63) is 143 Å². The maximum atomic E-state index is 5.86. The minimum Gasteiger partial charge on any atom is -0.442 e. The number of rotatable bonds is 3. The lowest BCUT2D eigenvalue weighted by Crippen LogP contribution is -2.21. The number of furan rings is 1. The van der Waals surface area contributed by atoms with E-state index in [9.17, 15) is 0 Å². The van der Waals surface area contributed by atoms with E-state index in [0.717, 1.165) is 33.9 Å². The summed E-state index contributed by atoms with van der Waals surface area (Å²) in [4.78, 5) is 19.1. The van der Waals surface area contributed by atoms with Crippen LogP contribution in [0.15, 0.2) is 108 Å². The predicted molar refractivity (Wildman–Crippen MR) is 289 cm³/mol. The lowest BCUT2D eigenvalue weighted by molar-refractivity contribution is 0.408. The van der Waals surface area contributed by atoms with Gasteiger partial charge in [0.2, 0.25) is 5.71 Å². The van der Waals surface area contributed by atoms with Crippen molar-refractivity contribution in [3.8, 4) is 0 Å². The highest BCUT2D eigenvalue weighted by atomic mass is 16.3. The second-order valence-corrected chi connectivity index (χ2v) is 24.4. The largest absolute Gasteiger partial charge is 0.442 e. The molecule has 358 valence electrons. The molecule has 2 aromatic carbocycles. The van der Waals surface area contributed by atoms with Crippen LogP contribution >= 0.6 is 0 Å². The molecule has 0 saturated heterocycles. The van der Waals surface area contributed by atoms with Crippen LogP contribution in [0.5, 0.6) is 0 Å². The second kappa shape index (κ2) is 20.1. The van der Waals surface area contributed by atoms with Gasteiger partial charge in [-0.2, -0.15) is 0 Å². The van der Waals surface area contributed by atoms with Gasteiger partial charge < -0.3 is 8.98 Å². The summed E-state index contributed by atoms with van der Waals surface area (Å²) >= 11 is 0. The number of pyridine rings is 4. The molecule has 6 heteroatoms. The van der Waals surface area contributed by atoms with Crippen molar-refractivity contribution in [3.63, 3.8) is 0 Å². The number of benzene rings is 2. The summed E-state index contributed by atoms with van der Waals surface area (Å²) in [5.74, 6) is 2.40. The Morgan fingerprint density at radius 3 is 1.51 bits per heavy atom. The summed E-state index contributed by atoms with van der Waals surface area (Å²) in [6.45, 7) is 46.0. The van der Waals surface area contributed by atoms with E-state index in [1.807, 2.05) is 0 Å². The smallest absolute Gasteiger partial charge is 0.226 e. The Labute approximate surface area is 404 Å². The van der Waals surface area contributed by atoms with Gasteiger partial charge in [0.05, 0.1) is 11.4 Å². The lowest BCUT2D eigenvalue weighted by atomic mass is 9.87. The van der Waals surface area contributed by atoms with Crippen LogP contribution in [-0.2, 0) is 27.2 Å². The van der Waals surface area contributed by atoms with Gasteiger partial charge in [0.15, 0.2) is 0 Å². The first kappa shape index (κ1) is 52.6. The maximum Gasteiger partial charge on any atom is 0.226 e. The Kier molecular flexibility index (Phi) is 15.8. The molecule has 0 amide bonds. The number of nitrogens with zero attached hydrogens (tertiary/aromatic N) is 5. The number of hydrogen-bond acceptors (Lipinski definition) is 5. The van der Waals surface area contributed by atoms with Crippen molar-refractivity contribution in [2.24, 2.45) is 0 Å². The van der Waals surface area contributed by atoms with Gasteiger partial charge in [-0.25, -0.2) is 9.97 Å². The molecule has 0 radical (unpaired) electrons. The summed E-state index contributed by atoms with van der Waals surface area (Å²) in [6, 6.07) is 34.2. The van der Waals surface area contributed by atoms with Crippen molar-refractivity contribution in [2.75, 3.05) is 0 Å². The summed E-state index contributed by atoms with van der Waals surface area (Å²) in [6.07, 6.45) is 2.13. The van der Waals surface area contributed by atoms with Crippen LogP contribution < -0.4 is 0 Å². The summed E-state index contributed by atoms with van der Waals surface area (Å²) in [7, 11) is 0. The molecule has 0 spiro atoms. The molecule has 0 atom stereocenters. The van der Waals surface area contributed by atoms with Crippen LogP contribution in [0.2, 0.25) is 0 Å². The molecule has 8 rings (SSSR count). The molecule has 8 aromatic rings. The monoisotopic (exact) mass is 902 g/mol. The first-order valence-corrected chi connectivity index (χ1v) is 24.6. The quantitative estimate of drug-likeness (QED) is 0.177. The number of aromatic nitrogens is 5. The summed E-state index contributed by atoms with van der Waals surface area (Å²) in [5.41, 5.74) is 9.24. The van der Waals surface area contributed by atoms with E-state index in [1.165, 1.54) is 49.7 Å². The summed E-state index contributed by atoms with van der Waals surface area (Å²) < 4.78 is 8.10. The van der Waals surface area contributed by atoms with Gasteiger partial charge in [0, 0.05) is 77.7 Å². The third-order valence-electron chi connectivity index (χ3n) is 11.9. The molecule has 0 saturated carbocycles. The van der Waals surface area contributed by atoms with Crippen LogP contribution in [-0.4, -0.2) is 24.5 Å². The topological polar surface area (TPSA) is 69.6 Å². The van der Waals surface area contributed by atoms with Gasteiger partial charge in [0.25, 0.3) is 0 Å². The summed E-state index contributed by atoms with van der Waals surface area (Å²) in [5, 5.41) is 7.48. The molecule has 6 nitrogen and oxygen atoms in total. The highest BCUT2D eigenvalue weighted by molar-refractivity contribution is 5.86. The average molecular weight is 902 g/mol. The fourth-order valence-corrected chi connectivity index (χ4v) is 7.73. The average Bonchev–Trinajstić information content (AvgIpc) is 3.87. The minimum atomic E-state index is 0.0304. The maximum absolute atomic E-state index is 5.86. The molecule has 0 fully saturated rings. The molecule has 0 aliphatic heterocycles. The highest BCUT2D eigenvalue weighted by Crippen LogP contribution is 2.33. The molecule has 6 heterocycles. The van der Waals surface area contributed by atoms with E-state index in [1.54, 1.807) is 0 Å². The zero-order valence-electron chi connectivity index (χ0n) is 45.2. The molecular formula is C61H83N5O. The van der Waals surface area contributed by atoms with E-state index in [4.69, 9.17) is 19.4 Å². The fraction of sp³-hybridized carbons (Fsp3) is 0.475. The van der Waals surface area contributed by atoms with Crippen LogP contribution in [0.4, 0.5) is 0 Å². The SMILES string of the molecule is CC(C)(C)c1ccc2cc(C(C)(C)C)oc2n1.CC(C)c1cc2ccccc2c(C(C)(C)C)n1.CC(C)c1ccc2ccn(C(C)(C)C)c2n1.CC(C)c1nc(C(C)(C)C)cc2ccccc12. The van der Waals surface area contributed by atoms with Gasteiger partial charge in [-0.3, -0.25) is 9.97 Å². The molecule has 0 aliphatic carbocycles. The Morgan fingerprint density at radius 1 is 0.433 bits per heavy atom. The number of fused-ring (bicyclic) bond motifs is 4. The molecule has 0 aliphatic rings. The van der Waals surface area contributed by atoms with Crippen LogP contribution in [0.1, 0.15) is 203 Å². The van der Waals surface area contributed by atoms with Crippen LogP contribution in [0.25, 0.3) is 43.7 Å². The van der Waals surface area contributed by atoms with Crippen molar-refractivity contribution in [1.29, 1.82) is 0 Å². The van der Waals surface area contributed by atoms with Gasteiger partial charge in [-0.05, 0) is 97.8 Å². The standard InChI is InChI=1S/2C16H21N.C15H21NO.C14H20N2/c1-11(2)15-13-9-7-6-8-12(13)10-14(17-15)16(3,4)5;1-11(2)14-10-12-8-6-7-9-13(12)15(17-14)16(3,4)5;1-14(2,3)11-8-7-10-9-12(15(4,5)6)17-13(10)16-11;1-10(2)12-7-6-11-8-9-16(13(11)15-12)14(3,4)5/h2*6-11H,1-5H3;7-9H,1-6H3;6-10H,1-5H3. The second-order valence-electron chi connectivity index (χ2n) is 24.4. The highest BCUT2D eigenvalue weighted by Gasteiger charge is 2.23. The van der Waals surface area contributed by atoms with Gasteiger partial charge >= 0.3 is 0 Å². The Hall–Kier alpha value is -5.36. The number of hydrogen-bond donors (Lipinski definition) is 0. The molecule has 0 bridgehead atoms. The molecular weight excluding hydrogens is 819 g/mol. The van der Waals surface area contributed by atoms with Crippen molar-refractivity contribution in [2.45, 2.75) is 190 Å². The van der Waals surface area contributed by atoms with Crippen LogP contribution in [0.3, 0.4) is 0 Å². The van der Waals surface area contributed by atoms with Crippen molar-refractivity contribution < 1.29 is 4.42 Å². The Balaban J connectivity index is 0.000000167. The Bertz CT molecular complexity index is 2890. The Morgan fingerprint density at radius 2 is 0.985 bits per heavy atom. The lowest BCUT2D eigenvalue weighted by Gasteiger charge is -2.22. The van der Waals surface area contributed by atoms with E-state index in [0.29, 0.717) is 17.8 Å².